The first-order valence-corrected chi connectivity index (χ1v) is 2.33. The standard InChI is InChI=1S/C7F2O/c8-6-1-2-7(9)5(6)3-4-10. The van der Waals surface area contributed by atoms with Crippen LogP contribution in [0.15, 0.2) is 34.4 Å². The monoisotopic (exact) mass is 138 g/mol. The molecule has 1 aliphatic carbocycles. The summed E-state index contributed by atoms with van der Waals surface area (Å²) in [7, 11) is 0. The number of allylic oxidation sites excluding steroid dienone is 3. The molecule has 10 heavy (non-hydrogen) atoms. The molecule has 0 heterocycles. The number of hydrogen-bond donors (Lipinski definition) is 0. The number of carbonyl (C=O) groups excluding carboxylic acids is 1. The Bertz CT molecular complexity index is 329. The van der Waals surface area contributed by atoms with Crippen molar-refractivity contribution < 1.29 is 13.6 Å². The molecule has 0 spiro atoms. The van der Waals surface area contributed by atoms with Crippen molar-refractivity contribution in [3.05, 3.63) is 34.4 Å². The van der Waals surface area contributed by atoms with E-state index in [4.69, 9.17) is 0 Å². The highest BCUT2D eigenvalue weighted by Crippen LogP contribution is 2.21. The van der Waals surface area contributed by atoms with Crippen LogP contribution in [0, 0.1) is 0 Å². The van der Waals surface area contributed by atoms with Gasteiger partial charge in [-0.1, -0.05) is 0 Å². The van der Waals surface area contributed by atoms with Crippen molar-refractivity contribution >= 4 is 5.94 Å². The van der Waals surface area contributed by atoms with E-state index in [2.05, 4.69) is 0 Å². The number of hydrogen-bond acceptors (Lipinski definition) is 1. The zero-order chi connectivity index (χ0) is 7.56. The molecule has 0 aromatic rings. The second kappa shape index (κ2) is 2.33. The van der Waals surface area contributed by atoms with Crippen LogP contribution in [0.3, 0.4) is 0 Å². The molecule has 1 aliphatic rings. The van der Waals surface area contributed by atoms with E-state index >= 15 is 0 Å². The molecule has 0 amide bonds. The Kier molecular flexibility index (Phi) is 1.51. The van der Waals surface area contributed by atoms with E-state index in [0.29, 0.717) is 0 Å². The molecule has 0 radical (unpaired) electrons. The van der Waals surface area contributed by atoms with Crippen molar-refractivity contribution in [3.8, 4) is 0 Å². The molecule has 0 atom stereocenters. The molecule has 0 bridgehead atoms. The Hall–Kier alpha value is -1.61. The average molecular weight is 138 g/mol. The second-order valence-electron chi connectivity index (χ2n) is 1.48. The zero-order valence-corrected chi connectivity index (χ0v) is 4.66. The zero-order valence-electron chi connectivity index (χ0n) is 4.66. The van der Waals surface area contributed by atoms with Crippen LogP contribution in [0.1, 0.15) is 0 Å². The topological polar surface area (TPSA) is 17.1 Å². The van der Waals surface area contributed by atoms with Crippen LogP contribution in [0.4, 0.5) is 8.78 Å². The lowest BCUT2D eigenvalue weighted by atomic mass is 10.3. The van der Waals surface area contributed by atoms with Gasteiger partial charge in [-0.05, 0) is 17.2 Å². The van der Waals surface area contributed by atoms with Crippen LogP contribution in [0.25, 0.3) is 0 Å². The third kappa shape index (κ3) is 0.897. The van der Waals surface area contributed by atoms with E-state index in [9.17, 15) is 13.6 Å². The summed E-state index contributed by atoms with van der Waals surface area (Å²) < 4.78 is 24.5. The molecule has 0 aromatic heterocycles. The quantitative estimate of drug-likeness (QED) is 0.365. The molecule has 0 saturated carbocycles. The Balaban J connectivity index is 3.41. The first-order valence-electron chi connectivity index (χ1n) is 2.33. The summed E-state index contributed by atoms with van der Waals surface area (Å²) in [5.74, 6) is -0.811. The van der Waals surface area contributed by atoms with E-state index in [1.165, 1.54) is 0 Å². The predicted octanol–water partition coefficient (Wildman–Crippen LogP) is 1.37. The van der Waals surface area contributed by atoms with Crippen LogP contribution in [0.5, 0.6) is 0 Å². The van der Waals surface area contributed by atoms with Gasteiger partial charge in [0.05, 0.1) is 0 Å². The largest absolute Gasteiger partial charge is 0.224 e. The van der Waals surface area contributed by atoms with Gasteiger partial charge in [0.2, 0.25) is 0 Å². The molecule has 48 valence electrons. The highest BCUT2D eigenvalue weighted by Gasteiger charge is 2.13. The smallest absolute Gasteiger partial charge is 0.193 e. The highest BCUT2D eigenvalue weighted by molar-refractivity contribution is 5.54. The molecule has 0 unspecified atom stereocenters. The summed E-state index contributed by atoms with van der Waals surface area (Å²) in [4.78, 5) is 9.58. The molecule has 0 N–H and O–H groups in total. The molecule has 3 heteroatoms. The fourth-order valence-corrected chi connectivity index (χ4v) is 0.492. The Labute approximate surface area is 55.0 Å². The lowest BCUT2D eigenvalue weighted by Crippen LogP contribution is -1.76. The molecule has 0 aromatic carbocycles. The third-order valence-electron chi connectivity index (χ3n) is 0.897. The van der Waals surface area contributed by atoms with Crippen molar-refractivity contribution in [2.45, 2.75) is 0 Å². The first kappa shape index (κ1) is 6.51. The normalized spacial score (nSPS) is 14.0. The van der Waals surface area contributed by atoms with Crippen LogP contribution >= 0.6 is 0 Å². The van der Waals surface area contributed by atoms with Crippen molar-refractivity contribution in [2.24, 2.45) is 0 Å². The van der Waals surface area contributed by atoms with Gasteiger partial charge in [0.25, 0.3) is 0 Å². The van der Waals surface area contributed by atoms with Gasteiger partial charge in [-0.2, -0.15) is 8.78 Å². The lowest BCUT2D eigenvalue weighted by Gasteiger charge is -1.84. The van der Waals surface area contributed by atoms with Crippen molar-refractivity contribution in [1.82, 2.24) is 0 Å². The summed E-state index contributed by atoms with van der Waals surface area (Å²) >= 11 is 0. The maximum atomic E-state index is 12.2. The first-order chi connectivity index (χ1) is 4.75. The minimum absolute atomic E-state index is 0.560. The maximum Gasteiger partial charge on any atom is 0.193 e. The molecular formula is C7F2O. The molecular weight excluding hydrogens is 138 g/mol. The van der Waals surface area contributed by atoms with Gasteiger partial charge in [-0.3, -0.25) is 0 Å². The fraction of sp³-hybridized carbons (Fsp3) is 0. The van der Waals surface area contributed by atoms with Crippen LogP contribution < -0.4 is 0 Å². The van der Waals surface area contributed by atoms with Crippen LogP contribution in [-0.2, 0) is 4.79 Å². The Morgan fingerprint density at radius 3 is 2.10 bits per heavy atom. The van der Waals surface area contributed by atoms with Gasteiger partial charge in [0.1, 0.15) is 5.57 Å². The molecule has 0 fully saturated rings. The maximum absolute atomic E-state index is 12.2. The van der Waals surface area contributed by atoms with E-state index in [1.807, 2.05) is 11.5 Å². The van der Waals surface area contributed by atoms with Crippen LogP contribution in [0.2, 0.25) is 0 Å². The van der Waals surface area contributed by atoms with E-state index < -0.39 is 17.2 Å². The summed E-state index contributed by atoms with van der Waals surface area (Å²) in [5.41, 5.74) is 4.77. The average Bonchev–Trinajstić information content (AvgIpc) is 2.20. The summed E-state index contributed by atoms with van der Waals surface area (Å²) in [5, 5.41) is 0. The van der Waals surface area contributed by atoms with Crippen molar-refractivity contribution in [2.75, 3.05) is 0 Å². The summed E-state index contributed by atoms with van der Waals surface area (Å²) in [6.07, 6.45) is 0. The van der Waals surface area contributed by atoms with Crippen molar-refractivity contribution in [3.63, 3.8) is 0 Å². The van der Waals surface area contributed by atoms with Gasteiger partial charge in [-0.25, -0.2) is 4.79 Å². The summed E-state index contributed by atoms with van der Waals surface area (Å²) in [6, 6.07) is 0. The minimum Gasteiger partial charge on any atom is -0.224 e. The molecule has 1 nitrogen and oxygen atoms in total. The van der Waals surface area contributed by atoms with E-state index in [0.717, 1.165) is 5.94 Å². The van der Waals surface area contributed by atoms with Gasteiger partial charge in [0.15, 0.2) is 17.6 Å². The predicted molar refractivity (Wildman–Crippen MR) is 29.0 cm³/mol. The van der Waals surface area contributed by atoms with Crippen molar-refractivity contribution in [1.29, 1.82) is 0 Å². The van der Waals surface area contributed by atoms with Gasteiger partial charge < -0.3 is 0 Å². The van der Waals surface area contributed by atoms with Gasteiger partial charge in [0, 0.05) is 0 Å². The second-order valence-corrected chi connectivity index (χ2v) is 1.48. The SMILES string of the molecule is O=C=C=C1C(F)=C=C=C1F. The lowest BCUT2D eigenvalue weighted by molar-refractivity contribution is 0.568. The molecule has 0 aliphatic heterocycles. The minimum atomic E-state index is -0.971. The van der Waals surface area contributed by atoms with E-state index in [-0.39, 0.29) is 0 Å². The third-order valence-corrected chi connectivity index (χ3v) is 0.897. The molecule has 1 rings (SSSR count). The van der Waals surface area contributed by atoms with Gasteiger partial charge >= 0.3 is 0 Å². The Morgan fingerprint density at radius 2 is 1.70 bits per heavy atom. The fourth-order valence-electron chi connectivity index (χ4n) is 0.492. The number of rotatable bonds is 0. The van der Waals surface area contributed by atoms with E-state index in [1.54, 1.807) is 5.73 Å². The van der Waals surface area contributed by atoms with Gasteiger partial charge in [-0.15, -0.1) is 0 Å². The highest BCUT2D eigenvalue weighted by atomic mass is 19.1. The number of halogens is 2. The Morgan fingerprint density at radius 1 is 1.20 bits per heavy atom. The summed E-state index contributed by atoms with van der Waals surface area (Å²) in [6.45, 7) is 0. The molecule has 0 saturated heterocycles. The van der Waals surface area contributed by atoms with Crippen LogP contribution in [-0.4, -0.2) is 5.94 Å².